The van der Waals surface area contributed by atoms with Gasteiger partial charge in [-0.15, -0.1) is 11.3 Å². The molecule has 0 spiro atoms. The minimum atomic E-state index is -0.0265. The van der Waals surface area contributed by atoms with Gasteiger partial charge in [-0.2, -0.15) is 0 Å². The van der Waals surface area contributed by atoms with E-state index in [4.69, 9.17) is 4.74 Å². The van der Waals surface area contributed by atoms with Crippen molar-refractivity contribution in [3.05, 3.63) is 19.9 Å². The molecular formula is C10H14INO2S. The number of hydrogen-bond acceptors (Lipinski definition) is 3. The molecule has 1 amide bonds. The van der Waals surface area contributed by atoms with Gasteiger partial charge >= 0.3 is 0 Å². The van der Waals surface area contributed by atoms with Crippen molar-refractivity contribution < 1.29 is 9.53 Å². The molecular weight excluding hydrogens is 325 g/mol. The molecule has 0 aliphatic heterocycles. The third-order valence-electron chi connectivity index (χ3n) is 1.78. The molecule has 1 N–H and O–H groups in total. The average Bonchev–Trinajstić information content (AvgIpc) is 2.61. The van der Waals surface area contributed by atoms with Crippen LogP contribution in [0.2, 0.25) is 0 Å². The van der Waals surface area contributed by atoms with Crippen LogP contribution in [0.3, 0.4) is 0 Å². The van der Waals surface area contributed by atoms with Crippen molar-refractivity contribution in [3.63, 3.8) is 0 Å². The highest BCUT2D eigenvalue weighted by Gasteiger charge is 2.10. The Bertz CT molecular complexity index is 327. The Balaban J connectivity index is 2.42. The first-order valence-corrected chi connectivity index (χ1v) is 6.72. The molecule has 1 unspecified atom stereocenters. The first-order chi connectivity index (χ1) is 7.13. The second-order valence-corrected chi connectivity index (χ2v) is 5.98. The summed E-state index contributed by atoms with van der Waals surface area (Å²) in [6.07, 6.45) is 0. The zero-order valence-electron chi connectivity index (χ0n) is 8.75. The number of halogens is 1. The molecule has 0 fully saturated rings. The summed E-state index contributed by atoms with van der Waals surface area (Å²) >= 11 is 3.78. The minimum Gasteiger partial charge on any atom is -0.380 e. The third-order valence-corrected chi connectivity index (χ3v) is 3.57. The number of ether oxygens (including phenoxy) is 1. The van der Waals surface area contributed by atoms with Crippen LogP contribution in [0.1, 0.15) is 24.2 Å². The summed E-state index contributed by atoms with van der Waals surface area (Å²) in [5.41, 5.74) is 0.729. The molecule has 0 aliphatic carbocycles. The molecule has 84 valence electrons. The number of nitrogens with one attached hydrogen (secondary N) is 1. The molecule has 3 nitrogen and oxygen atoms in total. The van der Waals surface area contributed by atoms with E-state index < -0.39 is 0 Å². The van der Waals surface area contributed by atoms with Gasteiger partial charge in [0.1, 0.15) is 0 Å². The van der Waals surface area contributed by atoms with E-state index in [2.05, 4.69) is 27.9 Å². The van der Waals surface area contributed by atoms with E-state index in [9.17, 15) is 4.79 Å². The molecule has 0 saturated heterocycles. The summed E-state index contributed by atoms with van der Waals surface area (Å²) in [4.78, 5) is 11.7. The second-order valence-electron chi connectivity index (χ2n) is 3.17. The number of carbonyl (C=O) groups excluding carboxylic acids is 1. The molecule has 1 aromatic heterocycles. The Morgan fingerprint density at radius 1 is 1.73 bits per heavy atom. The molecule has 0 saturated carbocycles. The summed E-state index contributed by atoms with van der Waals surface area (Å²) in [5.74, 6) is -0.0265. The molecule has 0 radical (unpaired) electrons. The number of hydrogen-bond donors (Lipinski definition) is 1. The SMILES string of the molecule is CCOCC(C)NC(=O)c1csc(I)c1. The summed E-state index contributed by atoms with van der Waals surface area (Å²) in [7, 11) is 0. The Kier molecular flexibility index (Phi) is 5.55. The lowest BCUT2D eigenvalue weighted by Gasteiger charge is -2.12. The predicted octanol–water partition coefficient (Wildman–Crippen LogP) is 2.51. The largest absolute Gasteiger partial charge is 0.380 e. The van der Waals surface area contributed by atoms with E-state index >= 15 is 0 Å². The Labute approximate surface area is 107 Å². The number of amides is 1. The highest BCUT2D eigenvalue weighted by molar-refractivity contribution is 14.1. The van der Waals surface area contributed by atoms with Gasteiger partial charge < -0.3 is 10.1 Å². The average molecular weight is 339 g/mol. The smallest absolute Gasteiger partial charge is 0.252 e. The summed E-state index contributed by atoms with van der Waals surface area (Å²) < 4.78 is 6.34. The first-order valence-electron chi connectivity index (χ1n) is 4.76. The molecule has 5 heteroatoms. The Morgan fingerprint density at radius 3 is 3.00 bits per heavy atom. The van der Waals surface area contributed by atoms with Crippen LogP contribution < -0.4 is 5.32 Å². The van der Waals surface area contributed by atoms with Gasteiger partial charge in [0.05, 0.1) is 15.1 Å². The van der Waals surface area contributed by atoms with Gasteiger partial charge in [0, 0.05) is 18.0 Å². The van der Waals surface area contributed by atoms with Crippen molar-refractivity contribution in [3.8, 4) is 0 Å². The van der Waals surface area contributed by atoms with Gasteiger partial charge in [0.25, 0.3) is 5.91 Å². The van der Waals surface area contributed by atoms with Crippen molar-refractivity contribution in [1.29, 1.82) is 0 Å². The first kappa shape index (κ1) is 12.9. The lowest BCUT2D eigenvalue weighted by atomic mass is 10.3. The van der Waals surface area contributed by atoms with Crippen LogP contribution >= 0.6 is 33.9 Å². The molecule has 1 heterocycles. The van der Waals surface area contributed by atoms with E-state index in [-0.39, 0.29) is 11.9 Å². The van der Waals surface area contributed by atoms with Crippen molar-refractivity contribution in [1.82, 2.24) is 5.32 Å². The predicted molar refractivity (Wildman–Crippen MR) is 70.5 cm³/mol. The maximum absolute atomic E-state index is 11.7. The molecule has 0 aliphatic rings. The van der Waals surface area contributed by atoms with Crippen molar-refractivity contribution >= 4 is 39.8 Å². The van der Waals surface area contributed by atoms with Gasteiger partial charge in [-0.05, 0) is 42.5 Å². The van der Waals surface area contributed by atoms with E-state index in [0.717, 1.165) is 8.45 Å². The van der Waals surface area contributed by atoms with Crippen molar-refractivity contribution in [2.75, 3.05) is 13.2 Å². The summed E-state index contributed by atoms with van der Waals surface area (Å²) in [5, 5.41) is 4.75. The maximum atomic E-state index is 11.7. The Morgan fingerprint density at radius 2 is 2.47 bits per heavy atom. The number of rotatable bonds is 5. The molecule has 15 heavy (non-hydrogen) atoms. The quantitative estimate of drug-likeness (QED) is 0.838. The lowest BCUT2D eigenvalue weighted by molar-refractivity contribution is 0.0872. The van der Waals surface area contributed by atoms with Crippen LogP contribution in [-0.4, -0.2) is 25.2 Å². The van der Waals surface area contributed by atoms with Gasteiger partial charge in [-0.25, -0.2) is 0 Å². The fraction of sp³-hybridized carbons (Fsp3) is 0.500. The topological polar surface area (TPSA) is 38.3 Å². The van der Waals surface area contributed by atoms with E-state index in [1.54, 1.807) is 11.3 Å². The van der Waals surface area contributed by atoms with Crippen LogP contribution in [0.15, 0.2) is 11.4 Å². The van der Waals surface area contributed by atoms with E-state index in [1.165, 1.54) is 0 Å². The van der Waals surface area contributed by atoms with Crippen molar-refractivity contribution in [2.24, 2.45) is 0 Å². The third kappa shape index (κ3) is 4.48. The highest BCUT2D eigenvalue weighted by Crippen LogP contribution is 2.16. The molecule has 0 aromatic carbocycles. The Hall–Kier alpha value is -0.140. The zero-order chi connectivity index (χ0) is 11.3. The van der Waals surface area contributed by atoms with Crippen molar-refractivity contribution in [2.45, 2.75) is 19.9 Å². The maximum Gasteiger partial charge on any atom is 0.252 e. The van der Waals surface area contributed by atoms with Crippen LogP contribution in [-0.2, 0) is 4.74 Å². The standard InChI is InChI=1S/C10H14INO2S/c1-3-14-5-7(2)12-10(13)8-4-9(11)15-6-8/h4,6-7H,3,5H2,1-2H3,(H,12,13). The number of carbonyl (C=O) groups is 1. The van der Waals surface area contributed by atoms with Crippen LogP contribution in [0, 0.1) is 2.88 Å². The molecule has 1 atom stereocenters. The van der Waals surface area contributed by atoms with Crippen LogP contribution in [0.5, 0.6) is 0 Å². The van der Waals surface area contributed by atoms with Gasteiger partial charge in [0.15, 0.2) is 0 Å². The van der Waals surface area contributed by atoms with Crippen LogP contribution in [0.4, 0.5) is 0 Å². The van der Waals surface area contributed by atoms with E-state index in [0.29, 0.717) is 13.2 Å². The minimum absolute atomic E-state index is 0.0265. The van der Waals surface area contributed by atoms with Gasteiger partial charge in [0.2, 0.25) is 0 Å². The number of thiophene rings is 1. The van der Waals surface area contributed by atoms with Crippen LogP contribution in [0.25, 0.3) is 0 Å². The molecule has 1 aromatic rings. The fourth-order valence-corrected chi connectivity index (χ4v) is 2.40. The normalized spacial score (nSPS) is 12.5. The van der Waals surface area contributed by atoms with Gasteiger partial charge in [-0.1, -0.05) is 0 Å². The van der Waals surface area contributed by atoms with E-state index in [1.807, 2.05) is 25.3 Å². The summed E-state index contributed by atoms with van der Waals surface area (Å²) in [6.45, 7) is 5.11. The lowest BCUT2D eigenvalue weighted by Crippen LogP contribution is -2.35. The zero-order valence-corrected chi connectivity index (χ0v) is 11.7. The molecule has 0 bridgehead atoms. The second kappa shape index (κ2) is 6.44. The highest BCUT2D eigenvalue weighted by atomic mass is 127. The fourth-order valence-electron chi connectivity index (χ4n) is 1.07. The monoisotopic (exact) mass is 339 g/mol. The summed E-state index contributed by atoms with van der Waals surface area (Å²) in [6, 6.07) is 1.93. The van der Waals surface area contributed by atoms with Gasteiger partial charge in [-0.3, -0.25) is 4.79 Å². The molecule has 1 rings (SSSR count).